The van der Waals surface area contributed by atoms with Gasteiger partial charge in [-0.15, -0.1) is 0 Å². The number of nitrogens with one attached hydrogen (secondary N) is 2. The van der Waals surface area contributed by atoms with Gasteiger partial charge in [0.05, 0.1) is 13.2 Å². The van der Waals surface area contributed by atoms with E-state index in [0.717, 1.165) is 16.9 Å². The zero-order valence-electron chi connectivity index (χ0n) is 19.3. The number of ether oxygens (including phenoxy) is 2. The summed E-state index contributed by atoms with van der Waals surface area (Å²) >= 11 is 0. The largest absolute Gasteiger partial charge is 0.490 e. The van der Waals surface area contributed by atoms with E-state index in [9.17, 15) is 9.59 Å². The van der Waals surface area contributed by atoms with Crippen LogP contribution in [-0.2, 0) is 17.6 Å². The number of rotatable bonds is 11. The Hall–Kier alpha value is -3.68. The molecule has 0 unspecified atom stereocenters. The van der Waals surface area contributed by atoms with Gasteiger partial charge in [0.2, 0.25) is 5.91 Å². The number of hydrogen-bond acceptors (Lipinski definition) is 6. The van der Waals surface area contributed by atoms with E-state index in [4.69, 9.17) is 9.47 Å². The number of hydrogen-bond donors (Lipinski definition) is 2. The van der Waals surface area contributed by atoms with Crippen LogP contribution in [0.25, 0.3) is 11.4 Å². The highest BCUT2D eigenvalue weighted by Gasteiger charge is 2.12. The summed E-state index contributed by atoms with van der Waals surface area (Å²) in [6.07, 6.45) is 4.50. The molecule has 0 fully saturated rings. The van der Waals surface area contributed by atoms with Gasteiger partial charge in [0, 0.05) is 42.2 Å². The molecule has 0 aliphatic carbocycles. The SMILES string of the molecule is CCOc1ccc(CCNC(=O)CCc2c(C)nc(-c3ccncc3)[nH]c2=O)cc1OCC. The van der Waals surface area contributed by atoms with Crippen molar-refractivity contribution in [1.82, 2.24) is 20.3 Å². The number of H-pyrrole nitrogens is 1. The van der Waals surface area contributed by atoms with Crippen LogP contribution in [0.1, 0.15) is 37.1 Å². The van der Waals surface area contributed by atoms with Crippen LogP contribution in [0.4, 0.5) is 0 Å². The Kier molecular flexibility index (Phi) is 8.57. The fraction of sp³-hybridized carbons (Fsp3) is 0.360. The van der Waals surface area contributed by atoms with E-state index in [1.165, 1.54) is 0 Å². The lowest BCUT2D eigenvalue weighted by molar-refractivity contribution is -0.121. The number of benzene rings is 1. The summed E-state index contributed by atoms with van der Waals surface area (Å²) in [6.45, 7) is 7.26. The quantitative estimate of drug-likeness (QED) is 0.465. The van der Waals surface area contributed by atoms with Gasteiger partial charge in [0.1, 0.15) is 5.82 Å². The molecule has 2 heterocycles. The molecule has 0 radical (unpaired) electrons. The highest BCUT2D eigenvalue weighted by Crippen LogP contribution is 2.28. The van der Waals surface area contributed by atoms with Crippen LogP contribution < -0.4 is 20.3 Å². The molecule has 3 aromatic rings. The molecule has 8 nitrogen and oxygen atoms in total. The van der Waals surface area contributed by atoms with Gasteiger partial charge in [0.15, 0.2) is 11.5 Å². The average Bonchev–Trinajstić information content (AvgIpc) is 2.81. The third-order valence-corrected chi connectivity index (χ3v) is 5.12. The van der Waals surface area contributed by atoms with E-state index in [0.29, 0.717) is 55.4 Å². The van der Waals surface area contributed by atoms with Crippen LogP contribution in [0, 0.1) is 6.92 Å². The van der Waals surface area contributed by atoms with Crippen LogP contribution in [-0.4, -0.2) is 40.6 Å². The number of carbonyl (C=O) groups excluding carboxylic acids is 1. The lowest BCUT2D eigenvalue weighted by atomic mass is 10.1. The lowest BCUT2D eigenvalue weighted by Crippen LogP contribution is -2.27. The highest BCUT2D eigenvalue weighted by molar-refractivity contribution is 5.76. The molecule has 1 amide bonds. The maximum Gasteiger partial charge on any atom is 0.254 e. The van der Waals surface area contributed by atoms with Crippen molar-refractivity contribution in [3.05, 3.63) is 69.9 Å². The molecular weight excluding hydrogens is 420 g/mol. The van der Waals surface area contributed by atoms with Crippen molar-refractivity contribution in [2.75, 3.05) is 19.8 Å². The molecule has 8 heteroatoms. The van der Waals surface area contributed by atoms with Crippen molar-refractivity contribution in [3.63, 3.8) is 0 Å². The normalized spacial score (nSPS) is 10.6. The van der Waals surface area contributed by atoms with Gasteiger partial charge in [-0.3, -0.25) is 14.6 Å². The smallest absolute Gasteiger partial charge is 0.254 e. The molecule has 0 spiro atoms. The lowest BCUT2D eigenvalue weighted by Gasteiger charge is -2.12. The van der Waals surface area contributed by atoms with Crippen LogP contribution in [0.3, 0.4) is 0 Å². The number of pyridine rings is 1. The molecule has 33 heavy (non-hydrogen) atoms. The molecule has 0 aliphatic rings. The van der Waals surface area contributed by atoms with Crippen LogP contribution in [0.5, 0.6) is 11.5 Å². The molecular formula is C25H30N4O4. The van der Waals surface area contributed by atoms with E-state index >= 15 is 0 Å². The highest BCUT2D eigenvalue weighted by atomic mass is 16.5. The second kappa shape index (κ2) is 11.8. The number of nitrogens with zero attached hydrogens (tertiary/aromatic N) is 2. The van der Waals surface area contributed by atoms with Crippen LogP contribution in [0.2, 0.25) is 0 Å². The fourth-order valence-corrected chi connectivity index (χ4v) is 3.48. The molecule has 1 aromatic carbocycles. The Morgan fingerprint density at radius 1 is 1.03 bits per heavy atom. The van der Waals surface area contributed by atoms with E-state index < -0.39 is 0 Å². The summed E-state index contributed by atoms with van der Waals surface area (Å²) < 4.78 is 11.2. The summed E-state index contributed by atoms with van der Waals surface area (Å²) in [6, 6.07) is 9.38. The van der Waals surface area contributed by atoms with Crippen molar-refractivity contribution >= 4 is 5.91 Å². The van der Waals surface area contributed by atoms with E-state index in [-0.39, 0.29) is 17.9 Å². The average molecular weight is 451 g/mol. The van der Waals surface area contributed by atoms with Gasteiger partial charge in [-0.2, -0.15) is 0 Å². The molecule has 2 N–H and O–H groups in total. The van der Waals surface area contributed by atoms with Crippen LogP contribution in [0.15, 0.2) is 47.5 Å². The predicted octanol–water partition coefficient (Wildman–Crippen LogP) is 3.23. The second-order valence-corrected chi connectivity index (χ2v) is 7.46. The number of carbonyl (C=O) groups is 1. The maximum absolute atomic E-state index is 12.5. The van der Waals surface area contributed by atoms with Gasteiger partial charge in [-0.05, 0) is 63.4 Å². The molecule has 0 aliphatic heterocycles. The zero-order valence-corrected chi connectivity index (χ0v) is 19.3. The Morgan fingerprint density at radius 2 is 1.76 bits per heavy atom. The monoisotopic (exact) mass is 450 g/mol. The summed E-state index contributed by atoms with van der Waals surface area (Å²) in [7, 11) is 0. The summed E-state index contributed by atoms with van der Waals surface area (Å²) in [5, 5.41) is 2.92. The number of aromatic nitrogens is 3. The van der Waals surface area contributed by atoms with Gasteiger partial charge in [-0.1, -0.05) is 6.07 Å². The molecule has 0 saturated heterocycles. The molecule has 3 rings (SSSR count). The Morgan fingerprint density at radius 3 is 2.45 bits per heavy atom. The van der Waals surface area contributed by atoms with Crippen LogP contribution >= 0.6 is 0 Å². The Bertz CT molecular complexity index is 1130. The minimum Gasteiger partial charge on any atom is -0.490 e. The molecule has 0 bridgehead atoms. The van der Waals surface area contributed by atoms with Crippen molar-refractivity contribution in [1.29, 1.82) is 0 Å². The standard InChI is InChI=1S/C25H30N4O4/c1-4-32-21-8-6-18(16-22(21)33-5-2)10-15-27-23(30)9-7-20-17(3)28-24(29-25(20)31)19-11-13-26-14-12-19/h6,8,11-14,16H,4-5,7,9-10,15H2,1-3H3,(H,27,30)(H,28,29,31). The fourth-order valence-electron chi connectivity index (χ4n) is 3.48. The van der Waals surface area contributed by atoms with Crippen molar-refractivity contribution in [2.45, 2.75) is 40.0 Å². The number of amides is 1. The second-order valence-electron chi connectivity index (χ2n) is 7.46. The molecule has 2 aromatic heterocycles. The van der Waals surface area contributed by atoms with E-state index in [1.807, 2.05) is 32.0 Å². The summed E-state index contributed by atoms with van der Waals surface area (Å²) in [5.41, 5.74) is 2.76. The first-order chi connectivity index (χ1) is 16.0. The predicted molar refractivity (Wildman–Crippen MR) is 127 cm³/mol. The Balaban J connectivity index is 1.53. The number of aryl methyl sites for hydroxylation is 1. The van der Waals surface area contributed by atoms with Crippen molar-refractivity contribution in [2.24, 2.45) is 0 Å². The third-order valence-electron chi connectivity index (χ3n) is 5.12. The van der Waals surface area contributed by atoms with Gasteiger partial charge in [0.25, 0.3) is 5.56 Å². The molecule has 0 atom stereocenters. The summed E-state index contributed by atoms with van der Waals surface area (Å²) in [5.74, 6) is 1.81. The zero-order chi connectivity index (χ0) is 23.6. The van der Waals surface area contributed by atoms with Gasteiger partial charge < -0.3 is 19.8 Å². The van der Waals surface area contributed by atoms with E-state index in [2.05, 4.69) is 20.3 Å². The van der Waals surface area contributed by atoms with Crippen molar-refractivity contribution < 1.29 is 14.3 Å². The first-order valence-corrected chi connectivity index (χ1v) is 11.2. The minimum atomic E-state index is -0.222. The molecule has 0 saturated carbocycles. The van der Waals surface area contributed by atoms with Crippen molar-refractivity contribution in [3.8, 4) is 22.9 Å². The summed E-state index contributed by atoms with van der Waals surface area (Å²) in [4.78, 5) is 36.1. The maximum atomic E-state index is 12.5. The topological polar surface area (TPSA) is 106 Å². The van der Waals surface area contributed by atoms with Gasteiger partial charge in [-0.25, -0.2) is 4.98 Å². The van der Waals surface area contributed by atoms with E-state index in [1.54, 1.807) is 31.5 Å². The van der Waals surface area contributed by atoms with Gasteiger partial charge >= 0.3 is 0 Å². The first kappa shape index (κ1) is 24.0. The Labute approximate surface area is 193 Å². The third kappa shape index (κ3) is 6.65. The molecule has 174 valence electrons. The number of aromatic amines is 1. The minimum absolute atomic E-state index is 0.108. The first-order valence-electron chi connectivity index (χ1n) is 11.2.